The minimum Gasteiger partial charge on any atom is -0.497 e. The van der Waals surface area contributed by atoms with Crippen LogP contribution in [0, 0.1) is 0 Å². The summed E-state index contributed by atoms with van der Waals surface area (Å²) in [6.45, 7) is 14.4. The minimum atomic E-state index is -0.638. The molecule has 11 heteroatoms. The van der Waals surface area contributed by atoms with Crippen molar-refractivity contribution in [2.24, 2.45) is 0 Å². The summed E-state index contributed by atoms with van der Waals surface area (Å²) in [6, 6.07) is 21.6. The SMILES string of the molecule is COc1ccc(COC(=O)NC(C)(C)CCCCCCCN(CCC(C)(C)NC(=O)OC(C)(C)C)C(=O)CCC(=O)Oc2ccc3c(ccc4c5c(ccc43)C=CC5)c2)cc1. The summed E-state index contributed by atoms with van der Waals surface area (Å²) < 4.78 is 21.8. The predicted molar refractivity (Wildman–Crippen MR) is 242 cm³/mol. The number of esters is 1. The van der Waals surface area contributed by atoms with Crippen molar-refractivity contribution >= 4 is 51.7 Å². The number of benzene rings is 4. The summed E-state index contributed by atoms with van der Waals surface area (Å²) >= 11 is 0. The number of methoxy groups -OCH3 is 1. The van der Waals surface area contributed by atoms with Crippen LogP contribution < -0.4 is 20.1 Å². The highest BCUT2D eigenvalue weighted by atomic mass is 16.6. The van der Waals surface area contributed by atoms with Crippen molar-refractivity contribution in [1.29, 1.82) is 0 Å². The number of carbonyl (C=O) groups excluding carboxylic acids is 4. The maximum atomic E-state index is 13.7. The number of allylic oxidation sites excluding steroid dienone is 1. The van der Waals surface area contributed by atoms with Crippen LogP contribution >= 0.6 is 0 Å². The van der Waals surface area contributed by atoms with Crippen LogP contribution in [-0.4, -0.2) is 65.8 Å². The van der Waals surface area contributed by atoms with Gasteiger partial charge in [-0.05, 0) is 137 Å². The Hall–Kier alpha value is -5.58. The van der Waals surface area contributed by atoms with Crippen LogP contribution in [0.1, 0.15) is 123 Å². The van der Waals surface area contributed by atoms with Gasteiger partial charge in [-0.2, -0.15) is 0 Å². The van der Waals surface area contributed by atoms with Crippen LogP contribution in [0.5, 0.6) is 11.5 Å². The molecule has 328 valence electrons. The van der Waals surface area contributed by atoms with E-state index < -0.39 is 34.8 Å². The molecule has 0 spiro atoms. The van der Waals surface area contributed by atoms with E-state index >= 15 is 0 Å². The minimum absolute atomic E-state index is 0.0146. The molecule has 11 nitrogen and oxygen atoms in total. The number of amides is 3. The fraction of sp³-hybridized carbons (Fsp3) is 0.480. The van der Waals surface area contributed by atoms with Gasteiger partial charge in [-0.15, -0.1) is 0 Å². The standard InChI is InChI=1S/C50H65N3O8/c1-48(2,3)61-47(57)52-50(6,7)30-32-53(31-13-11-9-10-12-29-49(4,5)51-46(56)59-34-35-17-21-38(58-8)22-18-35)44(54)27-28-45(55)60-39-23-26-41-37(33-39)20-25-42-40-16-14-15-36(40)19-24-43(41)42/h14-15,17-26,33H,9-13,16,27-32,34H2,1-8H3,(H,51,56)(H,52,57). The summed E-state index contributed by atoms with van der Waals surface area (Å²) in [4.78, 5) is 53.6. The van der Waals surface area contributed by atoms with Crippen molar-refractivity contribution in [2.75, 3.05) is 20.2 Å². The van der Waals surface area contributed by atoms with Gasteiger partial charge in [0, 0.05) is 30.6 Å². The molecular weight excluding hydrogens is 771 g/mol. The Balaban J connectivity index is 1.08. The molecule has 0 fully saturated rings. The fourth-order valence-corrected chi connectivity index (χ4v) is 7.57. The van der Waals surface area contributed by atoms with Crippen LogP contribution in [-0.2, 0) is 32.1 Å². The van der Waals surface area contributed by atoms with Crippen molar-refractivity contribution in [2.45, 2.75) is 136 Å². The van der Waals surface area contributed by atoms with E-state index in [0.29, 0.717) is 25.3 Å². The fourth-order valence-electron chi connectivity index (χ4n) is 7.57. The zero-order chi connectivity index (χ0) is 44.2. The van der Waals surface area contributed by atoms with Crippen molar-refractivity contribution in [3.8, 4) is 11.5 Å². The van der Waals surface area contributed by atoms with Crippen LogP contribution in [0.4, 0.5) is 9.59 Å². The summed E-state index contributed by atoms with van der Waals surface area (Å²) in [5, 5.41) is 10.4. The Bertz CT molecular complexity index is 2190. The van der Waals surface area contributed by atoms with E-state index in [0.717, 1.165) is 67.0 Å². The number of unbranched alkanes of at least 4 members (excludes halogenated alkanes) is 4. The second-order valence-corrected chi connectivity index (χ2v) is 18.3. The number of hydrogen-bond donors (Lipinski definition) is 2. The zero-order valence-corrected chi connectivity index (χ0v) is 37.4. The molecule has 0 heterocycles. The first kappa shape index (κ1) is 46.5. The lowest BCUT2D eigenvalue weighted by atomic mass is 9.96. The predicted octanol–water partition coefficient (Wildman–Crippen LogP) is 10.8. The lowest BCUT2D eigenvalue weighted by Crippen LogP contribution is -2.48. The van der Waals surface area contributed by atoms with Gasteiger partial charge in [0.25, 0.3) is 0 Å². The number of rotatable bonds is 20. The van der Waals surface area contributed by atoms with E-state index in [1.807, 2.05) is 90.9 Å². The van der Waals surface area contributed by atoms with Crippen molar-refractivity contribution in [1.82, 2.24) is 15.5 Å². The third-order valence-corrected chi connectivity index (χ3v) is 10.9. The van der Waals surface area contributed by atoms with Gasteiger partial charge in [0.1, 0.15) is 23.7 Å². The second kappa shape index (κ2) is 20.8. The van der Waals surface area contributed by atoms with Crippen LogP contribution in [0.2, 0.25) is 0 Å². The highest BCUT2D eigenvalue weighted by Crippen LogP contribution is 2.34. The molecule has 61 heavy (non-hydrogen) atoms. The summed E-state index contributed by atoms with van der Waals surface area (Å²) in [5.41, 5.74) is 1.78. The molecule has 0 bridgehead atoms. The summed E-state index contributed by atoms with van der Waals surface area (Å²) in [6.07, 6.45) is 10.1. The average molecular weight is 836 g/mol. The van der Waals surface area contributed by atoms with Gasteiger partial charge >= 0.3 is 18.2 Å². The number of fused-ring (bicyclic) bond motifs is 5. The molecule has 5 rings (SSSR count). The number of hydrogen-bond acceptors (Lipinski definition) is 8. The first-order valence-corrected chi connectivity index (χ1v) is 21.6. The third-order valence-electron chi connectivity index (χ3n) is 10.9. The molecular formula is C50H65N3O8. The van der Waals surface area contributed by atoms with E-state index in [9.17, 15) is 19.2 Å². The molecule has 4 aromatic carbocycles. The molecule has 0 atom stereocenters. The van der Waals surface area contributed by atoms with Crippen molar-refractivity contribution in [3.05, 3.63) is 89.5 Å². The largest absolute Gasteiger partial charge is 0.497 e. The van der Waals surface area contributed by atoms with Gasteiger partial charge in [-0.3, -0.25) is 9.59 Å². The molecule has 0 unspecified atom stereocenters. The van der Waals surface area contributed by atoms with E-state index in [4.69, 9.17) is 18.9 Å². The smallest absolute Gasteiger partial charge is 0.408 e. The molecule has 3 amide bonds. The molecule has 2 N–H and O–H groups in total. The number of alkyl carbamates (subject to hydrolysis) is 2. The number of nitrogens with zero attached hydrogens (tertiary/aromatic N) is 1. The first-order chi connectivity index (χ1) is 28.9. The number of carbonyl (C=O) groups is 4. The molecule has 0 saturated carbocycles. The number of ether oxygens (including phenoxy) is 4. The molecule has 1 aliphatic rings. The second-order valence-electron chi connectivity index (χ2n) is 18.3. The highest BCUT2D eigenvalue weighted by Gasteiger charge is 2.27. The monoisotopic (exact) mass is 835 g/mol. The first-order valence-electron chi connectivity index (χ1n) is 21.6. The van der Waals surface area contributed by atoms with Gasteiger partial charge in [-0.25, -0.2) is 9.59 Å². The highest BCUT2D eigenvalue weighted by molar-refractivity contribution is 6.10. The lowest BCUT2D eigenvalue weighted by Gasteiger charge is -2.31. The van der Waals surface area contributed by atoms with Crippen LogP contribution in [0.15, 0.2) is 72.8 Å². The van der Waals surface area contributed by atoms with Crippen LogP contribution in [0.25, 0.3) is 27.6 Å². The third kappa shape index (κ3) is 14.5. The Labute approximate surface area is 361 Å². The summed E-state index contributed by atoms with van der Waals surface area (Å²) in [5.74, 6) is 0.592. The Morgan fingerprint density at radius 1 is 0.672 bits per heavy atom. The topological polar surface area (TPSA) is 132 Å². The number of nitrogens with one attached hydrogen (secondary N) is 2. The van der Waals surface area contributed by atoms with Gasteiger partial charge in [0.15, 0.2) is 0 Å². The molecule has 1 aliphatic carbocycles. The van der Waals surface area contributed by atoms with Crippen molar-refractivity contribution in [3.63, 3.8) is 0 Å². The van der Waals surface area contributed by atoms with Gasteiger partial charge < -0.3 is 34.5 Å². The Kier molecular flexibility index (Phi) is 15.8. The maximum Gasteiger partial charge on any atom is 0.408 e. The molecule has 0 saturated heterocycles. The molecule has 0 aromatic heterocycles. The van der Waals surface area contributed by atoms with Gasteiger partial charge in [0.2, 0.25) is 5.91 Å². The van der Waals surface area contributed by atoms with E-state index in [-0.39, 0.29) is 25.4 Å². The van der Waals surface area contributed by atoms with E-state index in [1.54, 1.807) is 12.0 Å². The zero-order valence-electron chi connectivity index (χ0n) is 37.4. The average Bonchev–Trinajstić information content (AvgIpc) is 3.68. The maximum absolute atomic E-state index is 13.7. The molecule has 0 aliphatic heterocycles. The van der Waals surface area contributed by atoms with E-state index in [2.05, 4.69) is 47.1 Å². The normalized spacial score (nSPS) is 12.5. The summed E-state index contributed by atoms with van der Waals surface area (Å²) in [7, 11) is 1.61. The molecule has 0 radical (unpaired) electrons. The van der Waals surface area contributed by atoms with Gasteiger partial charge in [-0.1, -0.05) is 80.3 Å². The van der Waals surface area contributed by atoms with Crippen LogP contribution in [0.3, 0.4) is 0 Å². The van der Waals surface area contributed by atoms with Crippen molar-refractivity contribution < 1.29 is 38.1 Å². The van der Waals surface area contributed by atoms with Gasteiger partial charge in [0.05, 0.1) is 13.5 Å². The quantitative estimate of drug-likeness (QED) is 0.0389. The van der Waals surface area contributed by atoms with E-state index in [1.165, 1.54) is 21.9 Å². The Morgan fingerprint density at radius 2 is 1.33 bits per heavy atom. The molecule has 4 aromatic rings. The lowest BCUT2D eigenvalue weighted by molar-refractivity contribution is -0.139. The Morgan fingerprint density at radius 3 is 2.07 bits per heavy atom.